The second kappa shape index (κ2) is 14.0. The highest BCUT2D eigenvalue weighted by atomic mass is 16.1. The summed E-state index contributed by atoms with van der Waals surface area (Å²) in [6.45, 7) is 14.4. The van der Waals surface area contributed by atoms with Crippen molar-refractivity contribution in [3.63, 3.8) is 0 Å². The average Bonchev–Trinajstić information content (AvgIpc) is 3.19. The zero-order chi connectivity index (χ0) is 24.9. The van der Waals surface area contributed by atoms with Crippen LogP contribution in [0.1, 0.15) is 70.6 Å². The molecule has 0 bridgehead atoms. The molecule has 0 fully saturated rings. The zero-order valence-electron chi connectivity index (χ0n) is 21.4. The molecule has 0 heterocycles. The van der Waals surface area contributed by atoms with Crippen LogP contribution in [0.3, 0.4) is 0 Å². The summed E-state index contributed by atoms with van der Waals surface area (Å²) in [5.41, 5.74) is 11.0. The van der Waals surface area contributed by atoms with Gasteiger partial charge in [0.15, 0.2) is 0 Å². The molecule has 2 aromatic rings. The molecule has 4 rings (SSSR count). The minimum Gasteiger partial charge on any atom is -0.329 e. The van der Waals surface area contributed by atoms with Gasteiger partial charge in [-0.3, -0.25) is 4.79 Å². The average molecular weight is 454 g/mol. The van der Waals surface area contributed by atoms with Crippen LogP contribution in [0.2, 0.25) is 0 Å². The Kier molecular flexibility index (Phi) is 11.1. The van der Waals surface area contributed by atoms with Crippen molar-refractivity contribution < 1.29 is 4.79 Å². The van der Waals surface area contributed by atoms with Gasteiger partial charge in [-0.2, -0.15) is 0 Å². The van der Waals surface area contributed by atoms with Gasteiger partial charge in [0.1, 0.15) is 0 Å². The van der Waals surface area contributed by atoms with Crippen LogP contribution >= 0.6 is 0 Å². The molecule has 0 saturated carbocycles. The first kappa shape index (κ1) is 26.9. The zero-order valence-corrected chi connectivity index (χ0v) is 21.4. The van der Waals surface area contributed by atoms with Crippen LogP contribution in [-0.4, -0.2) is 6.41 Å². The molecular formula is C32H39NO. The molecular weight excluding hydrogens is 414 g/mol. The number of allylic oxidation sites excluding steroid dienone is 8. The van der Waals surface area contributed by atoms with Crippen LogP contribution in [-0.2, 0) is 11.2 Å². The Hall–Kier alpha value is -3.39. The smallest absolute Gasteiger partial charge is 0.211 e. The molecule has 0 aliphatic heterocycles. The Morgan fingerprint density at radius 1 is 1.00 bits per heavy atom. The summed E-state index contributed by atoms with van der Waals surface area (Å²) in [6, 6.07) is 16.7. The molecule has 0 atom stereocenters. The summed E-state index contributed by atoms with van der Waals surface area (Å²) in [4.78, 5) is 10.9. The van der Waals surface area contributed by atoms with Crippen molar-refractivity contribution in [2.75, 3.05) is 5.32 Å². The number of carbonyl (C=O) groups excluding carboxylic acids is 1. The van der Waals surface area contributed by atoms with Gasteiger partial charge in [0.05, 0.1) is 0 Å². The molecule has 0 spiro atoms. The number of carbonyl (C=O) groups is 1. The van der Waals surface area contributed by atoms with E-state index < -0.39 is 0 Å². The van der Waals surface area contributed by atoms with Gasteiger partial charge in [0.2, 0.25) is 6.41 Å². The summed E-state index contributed by atoms with van der Waals surface area (Å²) < 4.78 is 0. The van der Waals surface area contributed by atoms with E-state index in [1.807, 2.05) is 45.9 Å². The third kappa shape index (κ3) is 6.57. The van der Waals surface area contributed by atoms with Gasteiger partial charge in [0, 0.05) is 5.69 Å². The minimum absolute atomic E-state index is 0.718. The molecule has 0 radical (unpaired) electrons. The summed E-state index contributed by atoms with van der Waals surface area (Å²) in [5.74, 6) is 0. The number of rotatable bonds is 5. The maximum Gasteiger partial charge on any atom is 0.211 e. The van der Waals surface area contributed by atoms with Gasteiger partial charge in [-0.15, -0.1) is 0 Å². The minimum atomic E-state index is 0.718. The first-order valence-electron chi connectivity index (χ1n) is 12.6. The van der Waals surface area contributed by atoms with E-state index >= 15 is 0 Å². The van der Waals surface area contributed by atoms with Crippen LogP contribution in [0.15, 0.2) is 95.6 Å². The summed E-state index contributed by atoms with van der Waals surface area (Å²) in [5, 5.41) is 2.75. The van der Waals surface area contributed by atoms with E-state index in [9.17, 15) is 4.79 Å². The van der Waals surface area contributed by atoms with Gasteiger partial charge in [-0.05, 0) is 82.9 Å². The van der Waals surface area contributed by atoms with E-state index in [-0.39, 0.29) is 0 Å². The lowest BCUT2D eigenvalue weighted by atomic mass is 9.91. The van der Waals surface area contributed by atoms with Crippen LogP contribution in [0.25, 0.3) is 11.6 Å². The highest BCUT2D eigenvalue weighted by molar-refractivity contribution is 5.95. The van der Waals surface area contributed by atoms with Crippen LogP contribution in [0, 0.1) is 0 Å². The standard InChI is InChI=1S/C28H27NO.2C2H6/c1-3-20(2)22-11-12-24-14-13-23-8-4-5-10-26(23)28(27(24)16-15-22)18-21-7-6-9-25(17-21)29-19-30;2*1-2/h4-11,15-19H,2-3,12-14H2,1H3,(H,29,30);2*1-2H3/b28-18-;;. The lowest BCUT2D eigenvalue weighted by Crippen LogP contribution is -1.95. The number of hydrogen-bond acceptors (Lipinski definition) is 1. The Labute approximate surface area is 206 Å². The normalized spacial score (nSPS) is 15.2. The van der Waals surface area contributed by atoms with E-state index in [1.54, 1.807) is 0 Å². The Morgan fingerprint density at radius 3 is 2.50 bits per heavy atom. The molecule has 178 valence electrons. The molecule has 1 amide bonds. The van der Waals surface area contributed by atoms with E-state index in [2.05, 4.69) is 73.5 Å². The molecule has 0 unspecified atom stereocenters. The van der Waals surface area contributed by atoms with Crippen molar-refractivity contribution in [2.45, 2.75) is 60.3 Å². The van der Waals surface area contributed by atoms with Crippen molar-refractivity contribution in [1.82, 2.24) is 0 Å². The molecule has 2 heteroatoms. The van der Waals surface area contributed by atoms with E-state index in [0.29, 0.717) is 0 Å². The number of amides is 1. The molecule has 0 saturated heterocycles. The number of fused-ring (bicyclic) bond motifs is 1. The van der Waals surface area contributed by atoms with Gasteiger partial charge in [-0.1, -0.05) is 101 Å². The second-order valence-electron chi connectivity index (χ2n) is 7.77. The number of hydrogen-bond donors (Lipinski definition) is 1. The Morgan fingerprint density at radius 2 is 1.76 bits per heavy atom. The molecule has 2 aliphatic carbocycles. The Bertz CT molecular complexity index is 1110. The molecule has 1 N–H and O–H groups in total. The first-order chi connectivity index (χ1) is 16.7. The van der Waals surface area contributed by atoms with Crippen molar-refractivity contribution in [3.05, 3.63) is 112 Å². The lowest BCUT2D eigenvalue weighted by Gasteiger charge is -2.13. The van der Waals surface area contributed by atoms with Crippen molar-refractivity contribution in [1.29, 1.82) is 0 Å². The van der Waals surface area contributed by atoms with Crippen LogP contribution in [0.4, 0.5) is 5.69 Å². The second-order valence-corrected chi connectivity index (χ2v) is 7.77. The predicted octanol–water partition coefficient (Wildman–Crippen LogP) is 8.94. The van der Waals surface area contributed by atoms with Crippen LogP contribution < -0.4 is 5.32 Å². The van der Waals surface area contributed by atoms with Gasteiger partial charge in [-0.25, -0.2) is 0 Å². The van der Waals surface area contributed by atoms with E-state index in [0.717, 1.165) is 43.3 Å². The highest BCUT2D eigenvalue weighted by Crippen LogP contribution is 2.39. The maximum atomic E-state index is 10.9. The summed E-state index contributed by atoms with van der Waals surface area (Å²) in [6.07, 6.45) is 13.8. The number of benzene rings is 2. The molecule has 0 aromatic heterocycles. The molecule has 2 aromatic carbocycles. The largest absolute Gasteiger partial charge is 0.329 e. The monoisotopic (exact) mass is 453 g/mol. The highest BCUT2D eigenvalue weighted by Gasteiger charge is 2.20. The van der Waals surface area contributed by atoms with Crippen LogP contribution in [0.5, 0.6) is 0 Å². The fourth-order valence-electron chi connectivity index (χ4n) is 4.23. The maximum absolute atomic E-state index is 10.9. The summed E-state index contributed by atoms with van der Waals surface area (Å²) >= 11 is 0. The fraction of sp³-hybridized carbons (Fsp3) is 0.281. The first-order valence-corrected chi connectivity index (χ1v) is 12.6. The van der Waals surface area contributed by atoms with E-state index in [4.69, 9.17) is 0 Å². The molecule has 2 nitrogen and oxygen atoms in total. The lowest BCUT2D eigenvalue weighted by molar-refractivity contribution is -0.105. The Balaban J connectivity index is 0.000000970. The number of aryl methyl sites for hydroxylation is 1. The number of nitrogens with one attached hydrogen (secondary N) is 1. The topological polar surface area (TPSA) is 29.1 Å². The molecule has 34 heavy (non-hydrogen) atoms. The third-order valence-corrected chi connectivity index (χ3v) is 5.93. The van der Waals surface area contributed by atoms with Gasteiger partial charge < -0.3 is 5.32 Å². The predicted molar refractivity (Wildman–Crippen MR) is 150 cm³/mol. The van der Waals surface area contributed by atoms with Crippen molar-refractivity contribution in [3.8, 4) is 0 Å². The van der Waals surface area contributed by atoms with Gasteiger partial charge in [0.25, 0.3) is 0 Å². The quantitative estimate of drug-likeness (QED) is 0.450. The van der Waals surface area contributed by atoms with E-state index in [1.165, 1.54) is 39.0 Å². The SMILES string of the molecule is C=C(CC)C1=CCC2=C(C=C1)/C(=C\c1cccc(NC=O)c1)c1ccccc1CC2.CC.CC. The van der Waals surface area contributed by atoms with Crippen molar-refractivity contribution >= 4 is 23.7 Å². The molecule has 2 aliphatic rings. The van der Waals surface area contributed by atoms with Crippen molar-refractivity contribution in [2.24, 2.45) is 0 Å². The fourth-order valence-corrected chi connectivity index (χ4v) is 4.23. The number of anilines is 1. The third-order valence-electron chi connectivity index (χ3n) is 5.93. The van der Waals surface area contributed by atoms with Gasteiger partial charge >= 0.3 is 0 Å². The summed E-state index contributed by atoms with van der Waals surface area (Å²) in [7, 11) is 0.